The molecule has 0 unspecified atom stereocenters. The van der Waals surface area contributed by atoms with Gasteiger partial charge >= 0.3 is 12.2 Å². The van der Waals surface area contributed by atoms with Crippen LogP contribution in [0, 0.1) is 11.3 Å². The number of ether oxygens (including phenoxy) is 2. The summed E-state index contributed by atoms with van der Waals surface area (Å²) >= 11 is 0. The Hall–Kier alpha value is -3.88. The highest BCUT2D eigenvalue weighted by molar-refractivity contribution is 7.90. The van der Waals surface area contributed by atoms with Gasteiger partial charge < -0.3 is 25.0 Å². The summed E-state index contributed by atoms with van der Waals surface area (Å²) in [5.74, 6) is -2.43. The largest absolute Gasteiger partial charge is 0.450 e. The molecule has 1 aromatic carbocycles. The first-order valence-electron chi connectivity index (χ1n) is 19.3. The lowest BCUT2D eigenvalue weighted by atomic mass is 9.85. The number of cyclic esters (lactones) is 1. The number of aryl methyl sites for hydroxylation is 1. The van der Waals surface area contributed by atoms with Crippen molar-refractivity contribution in [1.82, 2.24) is 25.2 Å². The lowest BCUT2D eigenvalue weighted by Gasteiger charge is -2.35. The van der Waals surface area contributed by atoms with Crippen LogP contribution in [0.5, 0.6) is 0 Å². The van der Waals surface area contributed by atoms with E-state index >= 15 is 0 Å². The number of fused-ring (bicyclic) bond motifs is 4. The Bertz CT molecular complexity index is 1690. The van der Waals surface area contributed by atoms with Crippen LogP contribution >= 0.6 is 0 Å². The molecule has 4 bridgehead atoms. The zero-order chi connectivity index (χ0) is 38.0. The third kappa shape index (κ3) is 9.09. The lowest BCUT2D eigenvalue weighted by molar-refractivity contribution is -0.143. The molecule has 14 nitrogen and oxygen atoms in total. The minimum atomic E-state index is -3.91. The summed E-state index contributed by atoms with van der Waals surface area (Å²) in [5, 5.41) is 5.60. The molecule has 3 fully saturated rings. The average molecular weight is 758 g/mol. The van der Waals surface area contributed by atoms with Crippen LogP contribution in [0.25, 0.3) is 0 Å². The Kier molecular flexibility index (Phi) is 11.6. The summed E-state index contributed by atoms with van der Waals surface area (Å²) in [5.41, 5.74) is 1.12. The number of benzene rings is 1. The van der Waals surface area contributed by atoms with Crippen LogP contribution in [0.1, 0.15) is 115 Å². The number of alkyl carbamates (subject to hydrolysis) is 1. The van der Waals surface area contributed by atoms with Gasteiger partial charge in [0, 0.05) is 19.5 Å². The predicted octanol–water partition coefficient (Wildman–Crippen LogP) is 4.04. The Balaban J connectivity index is 1.26. The second-order valence-electron chi connectivity index (χ2n) is 16.6. The Morgan fingerprint density at radius 2 is 1.66 bits per heavy atom. The number of sulfonamides is 1. The summed E-state index contributed by atoms with van der Waals surface area (Å²) in [7, 11) is -3.91. The van der Waals surface area contributed by atoms with Gasteiger partial charge in [0.2, 0.25) is 21.8 Å². The van der Waals surface area contributed by atoms with Gasteiger partial charge in [-0.15, -0.1) is 0 Å². The van der Waals surface area contributed by atoms with Gasteiger partial charge in [0.15, 0.2) is 0 Å². The number of amides is 5. The normalized spacial score (nSPS) is 30.3. The van der Waals surface area contributed by atoms with E-state index in [0.717, 1.165) is 62.5 Å². The number of hydrogen-bond donors (Lipinski definition) is 3. The van der Waals surface area contributed by atoms with Crippen LogP contribution in [-0.2, 0) is 53.4 Å². The summed E-state index contributed by atoms with van der Waals surface area (Å²) in [6, 6.07) is 3.84. The van der Waals surface area contributed by atoms with Crippen molar-refractivity contribution in [3.05, 3.63) is 34.9 Å². The summed E-state index contributed by atoms with van der Waals surface area (Å²) < 4.78 is 39.3. The number of rotatable bonds is 2. The predicted molar refractivity (Wildman–Crippen MR) is 195 cm³/mol. The first-order chi connectivity index (χ1) is 25.2. The van der Waals surface area contributed by atoms with Gasteiger partial charge in [-0.3, -0.25) is 24.0 Å². The lowest BCUT2D eigenvalue weighted by Crippen LogP contribution is -2.60. The van der Waals surface area contributed by atoms with Crippen molar-refractivity contribution in [1.29, 1.82) is 0 Å². The molecule has 53 heavy (non-hydrogen) atoms. The zero-order valence-electron chi connectivity index (χ0n) is 31.2. The molecule has 4 aliphatic heterocycles. The molecule has 292 valence electrons. The van der Waals surface area contributed by atoms with Crippen molar-refractivity contribution in [3.63, 3.8) is 0 Å². The zero-order valence-corrected chi connectivity index (χ0v) is 32.1. The minimum Gasteiger partial charge on any atom is -0.450 e. The molecular weight excluding hydrogens is 703 g/mol. The summed E-state index contributed by atoms with van der Waals surface area (Å²) in [6.07, 6.45) is 6.81. The molecule has 5 atom stereocenters. The van der Waals surface area contributed by atoms with E-state index < -0.39 is 69.1 Å². The highest BCUT2D eigenvalue weighted by atomic mass is 32.2. The van der Waals surface area contributed by atoms with E-state index in [2.05, 4.69) is 21.4 Å². The molecule has 4 heterocycles. The number of hydrogen-bond acceptors (Lipinski definition) is 9. The maximum atomic E-state index is 14.5. The summed E-state index contributed by atoms with van der Waals surface area (Å²) in [6.45, 7) is 6.24. The third-order valence-corrected chi connectivity index (χ3v) is 12.8. The van der Waals surface area contributed by atoms with E-state index in [9.17, 15) is 32.4 Å². The molecule has 0 spiro atoms. The third-order valence-electron chi connectivity index (χ3n) is 11.5. The fourth-order valence-corrected chi connectivity index (χ4v) is 9.47. The number of nitrogens with zero attached hydrogens (tertiary/aromatic N) is 2. The second-order valence-corrected chi connectivity index (χ2v) is 18.4. The van der Waals surface area contributed by atoms with Gasteiger partial charge in [-0.1, -0.05) is 77.5 Å². The van der Waals surface area contributed by atoms with E-state index in [1.807, 2.05) is 12.1 Å². The van der Waals surface area contributed by atoms with Crippen molar-refractivity contribution in [3.8, 4) is 0 Å². The molecule has 2 saturated heterocycles. The Morgan fingerprint density at radius 3 is 2.45 bits per heavy atom. The standard InChI is InChI=1S/C38H55N5O9S/c1-37(2,3)31-33(45)43-23-28(20-30(43)32(44)40-38-21-27(38)17-10-5-4-8-12-19-53(49,50)41-34(38)46)52-36(48)42-22-26-16-13-15-25(29(26)24-42)14-9-6-7-11-18-51-35(47)39-31/h13,15-16,27-28,30-31H,4-12,14,17-24H2,1-3H3,(H,39,47)(H,40,44)(H,41,46)/t27-,28-,30+,31-,38-/m1/s1. The van der Waals surface area contributed by atoms with E-state index in [1.54, 1.807) is 25.7 Å². The van der Waals surface area contributed by atoms with E-state index in [4.69, 9.17) is 9.47 Å². The van der Waals surface area contributed by atoms with E-state index in [1.165, 1.54) is 10.5 Å². The van der Waals surface area contributed by atoms with Crippen LogP contribution in [0.2, 0.25) is 0 Å². The molecule has 15 heteroatoms. The van der Waals surface area contributed by atoms with Crippen LogP contribution < -0.4 is 15.4 Å². The van der Waals surface area contributed by atoms with Crippen LogP contribution in [0.15, 0.2) is 18.2 Å². The first-order valence-corrected chi connectivity index (χ1v) is 21.0. The van der Waals surface area contributed by atoms with Crippen molar-refractivity contribution < 1.29 is 41.9 Å². The minimum absolute atomic E-state index is 0.0443. The fourth-order valence-electron chi connectivity index (χ4n) is 8.32. The van der Waals surface area contributed by atoms with Gasteiger partial charge in [-0.05, 0) is 66.5 Å². The number of carbonyl (C=O) groups excluding carboxylic acids is 5. The smallest absolute Gasteiger partial charge is 0.410 e. The highest BCUT2D eigenvalue weighted by Crippen LogP contribution is 2.48. The van der Waals surface area contributed by atoms with Crippen LogP contribution in [0.4, 0.5) is 9.59 Å². The van der Waals surface area contributed by atoms with Gasteiger partial charge in [-0.25, -0.2) is 18.0 Å². The number of nitrogens with one attached hydrogen (secondary N) is 3. The first kappa shape index (κ1) is 38.8. The van der Waals surface area contributed by atoms with Crippen molar-refractivity contribution >= 4 is 39.9 Å². The average Bonchev–Trinajstić information content (AvgIpc) is 3.38. The Morgan fingerprint density at radius 1 is 0.943 bits per heavy atom. The van der Waals surface area contributed by atoms with E-state index in [-0.39, 0.29) is 37.7 Å². The molecule has 1 saturated carbocycles. The molecule has 1 aromatic rings. The number of carbonyl (C=O) groups is 5. The van der Waals surface area contributed by atoms with Crippen LogP contribution in [-0.4, -0.2) is 90.8 Å². The van der Waals surface area contributed by atoms with E-state index in [0.29, 0.717) is 32.4 Å². The molecule has 3 N–H and O–H groups in total. The quantitative estimate of drug-likeness (QED) is 0.401. The molecule has 0 radical (unpaired) electrons. The SMILES string of the molecule is CC(C)(C)[C@@H]1NC(=O)OCCCCCCc2cccc3c2CN(C3)C(=O)O[C@@H]2C[C@@H](C(=O)N[C@]34C[C@H]3CCCCCCCS(=O)(=O)NC4=O)N(C2)C1=O. The molecule has 6 rings (SSSR count). The molecule has 5 aliphatic rings. The van der Waals surface area contributed by atoms with Crippen molar-refractivity contribution in [2.24, 2.45) is 11.3 Å². The van der Waals surface area contributed by atoms with Gasteiger partial charge in [0.1, 0.15) is 23.7 Å². The van der Waals surface area contributed by atoms with Crippen molar-refractivity contribution in [2.75, 3.05) is 18.9 Å². The fraction of sp³-hybridized carbons (Fsp3) is 0.711. The topological polar surface area (TPSA) is 181 Å². The van der Waals surface area contributed by atoms with Crippen LogP contribution in [0.3, 0.4) is 0 Å². The second kappa shape index (κ2) is 15.8. The maximum Gasteiger partial charge on any atom is 0.410 e. The molecular formula is C38H55N5O9S. The Labute approximate surface area is 312 Å². The monoisotopic (exact) mass is 757 g/mol. The van der Waals surface area contributed by atoms with Gasteiger partial charge in [0.25, 0.3) is 5.91 Å². The molecule has 0 aromatic heterocycles. The van der Waals surface area contributed by atoms with Crippen molar-refractivity contribution in [2.45, 2.75) is 141 Å². The van der Waals surface area contributed by atoms with Gasteiger partial charge in [0.05, 0.1) is 18.9 Å². The maximum absolute atomic E-state index is 14.5. The van der Waals surface area contributed by atoms with Gasteiger partial charge in [-0.2, -0.15) is 0 Å². The molecule has 5 amide bonds. The molecule has 1 aliphatic carbocycles. The highest BCUT2D eigenvalue weighted by Gasteiger charge is 2.62. The summed E-state index contributed by atoms with van der Waals surface area (Å²) in [4.78, 5) is 72.0.